The molecule has 1 heterocycles. The second kappa shape index (κ2) is 3.87. The number of ether oxygens (including phenoxy) is 1. The summed E-state index contributed by atoms with van der Waals surface area (Å²) in [4.78, 5) is 3.49. The van der Waals surface area contributed by atoms with E-state index in [9.17, 15) is 8.78 Å². The number of halogens is 3. The minimum atomic E-state index is -2.67. The van der Waals surface area contributed by atoms with Crippen LogP contribution < -0.4 is 4.74 Å². The summed E-state index contributed by atoms with van der Waals surface area (Å²) in [6, 6.07) is 1.48. The van der Waals surface area contributed by atoms with Crippen LogP contribution in [-0.2, 0) is 0 Å². The molecule has 0 N–H and O–H groups in total. The summed E-state index contributed by atoms with van der Waals surface area (Å²) in [5.74, 6) is 0.0967. The van der Waals surface area contributed by atoms with Gasteiger partial charge in [-0.25, -0.2) is 13.8 Å². The Morgan fingerprint density at radius 2 is 2.15 bits per heavy atom. The third-order valence-electron chi connectivity index (χ3n) is 1.56. The van der Waals surface area contributed by atoms with Crippen molar-refractivity contribution in [2.45, 2.75) is 13.3 Å². The fraction of sp³-hybridized carbons (Fsp3) is 0.375. The summed E-state index contributed by atoms with van der Waals surface area (Å²) in [6.45, 7) is 1.64. The molecular weight excluding hydrogens is 200 g/mol. The van der Waals surface area contributed by atoms with Gasteiger partial charge in [-0.2, -0.15) is 0 Å². The Hall–Kier alpha value is -0.900. The molecule has 0 bridgehead atoms. The van der Waals surface area contributed by atoms with E-state index in [0.29, 0.717) is 5.56 Å². The predicted molar refractivity (Wildman–Crippen MR) is 45.5 cm³/mol. The van der Waals surface area contributed by atoms with Crippen molar-refractivity contribution in [2.75, 3.05) is 7.11 Å². The van der Waals surface area contributed by atoms with Crippen molar-refractivity contribution in [1.82, 2.24) is 4.98 Å². The zero-order valence-corrected chi connectivity index (χ0v) is 7.90. The van der Waals surface area contributed by atoms with E-state index in [0.717, 1.165) is 0 Å². The van der Waals surface area contributed by atoms with Gasteiger partial charge >= 0.3 is 0 Å². The summed E-state index contributed by atoms with van der Waals surface area (Å²) >= 11 is 5.52. The van der Waals surface area contributed by atoms with Crippen molar-refractivity contribution in [2.24, 2.45) is 0 Å². The highest BCUT2D eigenvalue weighted by Gasteiger charge is 2.18. The molecule has 13 heavy (non-hydrogen) atoms. The molecule has 0 saturated carbocycles. The van der Waals surface area contributed by atoms with Crippen LogP contribution in [0.5, 0.6) is 5.75 Å². The molecule has 0 saturated heterocycles. The summed E-state index contributed by atoms with van der Waals surface area (Å²) in [5, 5.41) is 0.0496. The Morgan fingerprint density at radius 1 is 1.54 bits per heavy atom. The van der Waals surface area contributed by atoms with Crippen molar-refractivity contribution in [3.05, 3.63) is 22.5 Å². The molecule has 72 valence electrons. The van der Waals surface area contributed by atoms with Gasteiger partial charge in [0.25, 0.3) is 6.43 Å². The lowest BCUT2D eigenvalue weighted by Crippen LogP contribution is -1.99. The standard InChI is InChI=1S/C8H8ClF2NO/c1-4-3-5(9)12-6(8(10)11)7(4)13-2/h3,8H,1-2H3. The van der Waals surface area contributed by atoms with E-state index in [2.05, 4.69) is 4.98 Å². The first-order valence-electron chi connectivity index (χ1n) is 3.55. The number of methoxy groups -OCH3 is 1. The summed E-state index contributed by atoms with van der Waals surface area (Å²) in [5.41, 5.74) is 0.144. The zero-order chi connectivity index (χ0) is 10.0. The zero-order valence-electron chi connectivity index (χ0n) is 7.14. The Morgan fingerprint density at radius 3 is 2.62 bits per heavy atom. The fourth-order valence-electron chi connectivity index (χ4n) is 1.06. The van der Waals surface area contributed by atoms with Crippen LogP contribution in [0.1, 0.15) is 17.7 Å². The Balaban J connectivity index is 3.29. The van der Waals surface area contributed by atoms with Gasteiger partial charge in [-0.3, -0.25) is 0 Å². The Kier molecular flexibility index (Phi) is 3.03. The van der Waals surface area contributed by atoms with E-state index in [1.807, 2.05) is 0 Å². The minimum Gasteiger partial charge on any atom is -0.494 e. The number of rotatable bonds is 2. The van der Waals surface area contributed by atoms with E-state index in [1.165, 1.54) is 13.2 Å². The highest BCUT2D eigenvalue weighted by Crippen LogP contribution is 2.31. The highest BCUT2D eigenvalue weighted by molar-refractivity contribution is 6.29. The van der Waals surface area contributed by atoms with Gasteiger partial charge in [-0.1, -0.05) is 11.6 Å². The first kappa shape index (κ1) is 10.2. The lowest BCUT2D eigenvalue weighted by molar-refractivity contribution is 0.141. The third kappa shape index (κ3) is 2.06. The first-order valence-corrected chi connectivity index (χ1v) is 3.93. The molecule has 0 aliphatic carbocycles. The van der Waals surface area contributed by atoms with E-state index in [-0.39, 0.29) is 10.9 Å². The highest BCUT2D eigenvalue weighted by atomic mass is 35.5. The quantitative estimate of drug-likeness (QED) is 0.696. The first-order chi connectivity index (χ1) is 6.06. The molecule has 0 aliphatic rings. The molecule has 0 unspecified atom stereocenters. The van der Waals surface area contributed by atoms with Crippen molar-refractivity contribution in [3.8, 4) is 5.75 Å². The molecule has 1 aromatic heterocycles. The Bertz CT molecular complexity index is 317. The normalized spacial score (nSPS) is 10.6. The van der Waals surface area contributed by atoms with Gasteiger partial charge in [0.1, 0.15) is 10.9 Å². The van der Waals surface area contributed by atoms with Crippen LogP contribution in [0.25, 0.3) is 0 Å². The fourth-order valence-corrected chi connectivity index (χ4v) is 1.31. The molecule has 0 radical (unpaired) electrons. The van der Waals surface area contributed by atoms with Crippen LogP contribution >= 0.6 is 11.6 Å². The van der Waals surface area contributed by atoms with Gasteiger partial charge in [0, 0.05) is 0 Å². The van der Waals surface area contributed by atoms with Gasteiger partial charge in [0.2, 0.25) is 0 Å². The lowest BCUT2D eigenvalue weighted by atomic mass is 10.2. The number of nitrogens with zero attached hydrogens (tertiary/aromatic N) is 1. The number of pyridine rings is 1. The summed E-state index contributed by atoms with van der Waals surface area (Å²) in [7, 11) is 1.32. The SMILES string of the molecule is COc1c(C)cc(Cl)nc1C(F)F. The lowest BCUT2D eigenvalue weighted by Gasteiger charge is -2.09. The van der Waals surface area contributed by atoms with Crippen LogP contribution in [-0.4, -0.2) is 12.1 Å². The summed E-state index contributed by atoms with van der Waals surface area (Å²) < 4.78 is 29.5. The van der Waals surface area contributed by atoms with E-state index in [1.54, 1.807) is 6.92 Å². The average molecular weight is 208 g/mol. The predicted octanol–water partition coefficient (Wildman–Crippen LogP) is 2.99. The number of alkyl halides is 2. The van der Waals surface area contributed by atoms with E-state index >= 15 is 0 Å². The summed E-state index contributed by atoms with van der Waals surface area (Å²) in [6.07, 6.45) is -2.67. The van der Waals surface area contributed by atoms with Gasteiger partial charge in [0.05, 0.1) is 7.11 Å². The van der Waals surface area contributed by atoms with Gasteiger partial charge in [0.15, 0.2) is 5.69 Å². The molecule has 2 nitrogen and oxygen atoms in total. The maximum atomic E-state index is 12.4. The molecule has 0 spiro atoms. The van der Waals surface area contributed by atoms with Crippen molar-refractivity contribution >= 4 is 11.6 Å². The van der Waals surface area contributed by atoms with Crippen LogP contribution in [0.4, 0.5) is 8.78 Å². The molecular formula is C8H8ClF2NO. The monoisotopic (exact) mass is 207 g/mol. The van der Waals surface area contributed by atoms with Gasteiger partial charge < -0.3 is 4.74 Å². The van der Waals surface area contributed by atoms with Crippen LogP contribution in [0.15, 0.2) is 6.07 Å². The number of aromatic nitrogens is 1. The third-order valence-corrected chi connectivity index (χ3v) is 1.76. The molecule has 5 heteroatoms. The van der Waals surface area contributed by atoms with Gasteiger partial charge in [-0.05, 0) is 18.6 Å². The molecule has 0 fully saturated rings. The van der Waals surface area contributed by atoms with Crippen molar-refractivity contribution in [3.63, 3.8) is 0 Å². The van der Waals surface area contributed by atoms with Gasteiger partial charge in [-0.15, -0.1) is 0 Å². The van der Waals surface area contributed by atoms with Crippen molar-refractivity contribution < 1.29 is 13.5 Å². The second-order valence-electron chi connectivity index (χ2n) is 2.48. The Labute approximate surface area is 79.5 Å². The van der Waals surface area contributed by atoms with Crippen LogP contribution in [0.2, 0.25) is 5.15 Å². The molecule has 1 rings (SSSR count). The maximum absolute atomic E-state index is 12.4. The average Bonchev–Trinajstić information content (AvgIpc) is 2.02. The largest absolute Gasteiger partial charge is 0.494 e. The van der Waals surface area contributed by atoms with E-state index in [4.69, 9.17) is 16.3 Å². The van der Waals surface area contributed by atoms with E-state index < -0.39 is 12.1 Å². The number of aryl methyl sites for hydroxylation is 1. The van der Waals surface area contributed by atoms with Crippen LogP contribution in [0, 0.1) is 6.92 Å². The molecule has 0 amide bonds. The molecule has 1 aromatic rings. The van der Waals surface area contributed by atoms with Crippen molar-refractivity contribution in [1.29, 1.82) is 0 Å². The smallest absolute Gasteiger partial charge is 0.284 e. The topological polar surface area (TPSA) is 22.1 Å². The molecule has 0 atom stereocenters. The van der Waals surface area contributed by atoms with Crippen LogP contribution in [0.3, 0.4) is 0 Å². The maximum Gasteiger partial charge on any atom is 0.284 e. The minimum absolute atomic E-state index is 0.0496. The molecule has 0 aromatic carbocycles. The second-order valence-corrected chi connectivity index (χ2v) is 2.87. The molecule has 0 aliphatic heterocycles. The number of hydrogen-bond acceptors (Lipinski definition) is 2. The number of hydrogen-bond donors (Lipinski definition) is 0.